The Morgan fingerprint density at radius 2 is 1.79 bits per heavy atom. The molecule has 0 bridgehead atoms. The molecule has 0 amide bonds. The van der Waals surface area contributed by atoms with Crippen LogP contribution in [0.1, 0.15) is 16.8 Å². The van der Waals surface area contributed by atoms with Crippen molar-refractivity contribution in [3.63, 3.8) is 0 Å². The van der Waals surface area contributed by atoms with E-state index in [2.05, 4.69) is 26.8 Å². The number of nitrogen functional groups attached to an aromatic ring is 1. The maximum absolute atomic E-state index is 8.90. The molecule has 1 heterocycles. The van der Waals surface area contributed by atoms with Crippen molar-refractivity contribution < 1.29 is 0 Å². The molecule has 0 aliphatic rings. The first-order valence-corrected chi connectivity index (χ1v) is 5.72. The molecule has 0 fully saturated rings. The van der Waals surface area contributed by atoms with Gasteiger partial charge < -0.3 is 5.32 Å². The van der Waals surface area contributed by atoms with Crippen molar-refractivity contribution in [1.82, 2.24) is 9.97 Å². The summed E-state index contributed by atoms with van der Waals surface area (Å²) in [6.45, 7) is 4.04. The number of rotatable bonds is 3. The van der Waals surface area contributed by atoms with Crippen LogP contribution in [0.15, 0.2) is 24.3 Å². The number of hydrogen-bond donors (Lipinski definition) is 3. The highest BCUT2D eigenvalue weighted by atomic mass is 15.3. The summed E-state index contributed by atoms with van der Waals surface area (Å²) in [5.74, 6) is 5.99. The van der Waals surface area contributed by atoms with Gasteiger partial charge in [-0.3, -0.25) is 5.43 Å². The van der Waals surface area contributed by atoms with Gasteiger partial charge in [-0.2, -0.15) is 10.2 Å². The minimum Gasteiger partial charge on any atom is -0.340 e. The van der Waals surface area contributed by atoms with Crippen molar-refractivity contribution in [2.45, 2.75) is 13.8 Å². The van der Waals surface area contributed by atoms with Gasteiger partial charge in [0, 0.05) is 11.8 Å². The Bertz CT molecular complexity index is 624. The summed E-state index contributed by atoms with van der Waals surface area (Å²) < 4.78 is 0. The van der Waals surface area contributed by atoms with E-state index in [1.165, 1.54) is 0 Å². The number of aromatic nitrogens is 2. The number of nitrogens with two attached hydrogens (primary N) is 1. The van der Waals surface area contributed by atoms with Gasteiger partial charge in [0.15, 0.2) is 0 Å². The van der Waals surface area contributed by atoms with Crippen LogP contribution >= 0.6 is 0 Å². The average molecular weight is 254 g/mol. The second-order valence-corrected chi connectivity index (χ2v) is 4.22. The van der Waals surface area contributed by atoms with Gasteiger partial charge >= 0.3 is 0 Å². The lowest BCUT2D eigenvalue weighted by Crippen LogP contribution is -2.12. The third kappa shape index (κ3) is 3.18. The maximum Gasteiger partial charge on any atom is 0.240 e. The highest BCUT2D eigenvalue weighted by Gasteiger charge is 2.04. The standard InChI is InChI=1S/C13H14N6/c1-8-3-9(2)5-10(4-8)16-12-6-11(7-14)17-13(18-12)19-15/h3-6H,15H2,1-2H3,(H2,16,17,18,19). The molecule has 2 rings (SSSR count). The van der Waals surface area contributed by atoms with Crippen LogP contribution < -0.4 is 16.6 Å². The van der Waals surface area contributed by atoms with Crippen molar-refractivity contribution in [2.75, 3.05) is 10.7 Å². The van der Waals surface area contributed by atoms with Crippen molar-refractivity contribution in [3.8, 4) is 6.07 Å². The fraction of sp³-hybridized carbons (Fsp3) is 0.154. The molecule has 0 aliphatic carbocycles. The van der Waals surface area contributed by atoms with Gasteiger partial charge in [-0.1, -0.05) is 6.07 Å². The fourth-order valence-corrected chi connectivity index (χ4v) is 1.83. The summed E-state index contributed by atoms with van der Waals surface area (Å²) in [6.07, 6.45) is 0. The third-order valence-electron chi connectivity index (χ3n) is 2.46. The van der Waals surface area contributed by atoms with Crippen molar-refractivity contribution in [1.29, 1.82) is 5.26 Å². The summed E-state index contributed by atoms with van der Waals surface area (Å²) in [6, 6.07) is 9.61. The van der Waals surface area contributed by atoms with Crippen molar-refractivity contribution in [3.05, 3.63) is 41.1 Å². The molecule has 19 heavy (non-hydrogen) atoms. The van der Waals surface area contributed by atoms with Gasteiger partial charge in [0.2, 0.25) is 5.95 Å². The highest BCUT2D eigenvalue weighted by Crippen LogP contribution is 2.19. The molecule has 0 radical (unpaired) electrons. The zero-order chi connectivity index (χ0) is 13.8. The first kappa shape index (κ1) is 12.8. The second kappa shape index (κ2) is 5.33. The zero-order valence-electron chi connectivity index (χ0n) is 10.7. The first-order valence-electron chi connectivity index (χ1n) is 5.72. The molecule has 0 unspecified atom stereocenters. The number of anilines is 3. The number of nitrogens with one attached hydrogen (secondary N) is 2. The van der Waals surface area contributed by atoms with E-state index >= 15 is 0 Å². The molecule has 4 N–H and O–H groups in total. The molecule has 1 aromatic heterocycles. The summed E-state index contributed by atoms with van der Waals surface area (Å²) in [4.78, 5) is 8.04. The number of hydrogen-bond acceptors (Lipinski definition) is 6. The molecular formula is C13H14N6. The van der Waals surface area contributed by atoms with E-state index in [-0.39, 0.29) is 11.6 Å². The van der Waals surface area contributed by atoms with Crippen molar-refractivity contribution >= 4 is 17.5 Å². The molecule has 0 aliphatic heterocycles. The van der Waals surface area contributed by atoms with Crippen LogP contribution in [0, 0.1) is 25.2 Å². The molecule has 0 spiro atoms. The fourth-order valence-electron chi connectivity index (χ4n) is 1.83. The summed E-state index contributed by atoms with van der Waals surface area (Å²) >= 11 is 0. The number of aryl methyl sites for hydroxylation is 2. The van der Waals surface area contributed by atoms with Gasteiger partial charge in [-0.15, -0.1) is 0 Å². The number of nitriles is 1. The SMILES string of the molecule is Cc1cc(C)cc(Nc2cc(C#N)nc(NN)n2)c1. The minimum absolute atomic E-state index is 0.200. The quantitative estimate of drug-likeness (QED) is 0.572. The van der Waals surface area contributed by atoms with E-state index in [0.717, 1.165) is 16.8 Å². The lowest BCUT2D eigenvalue weighted by atomic mass is 10.1. The van der Waals surface area contributed by atoms with Gasteiger partial charge in [0.1, 0.15) is 17.6 Å². The molecule has 1 aromatic carbocycles. The smallest absolute Gasteiger partial charge is 0.240 e. The molecule has 0 saturated carbocycles. The Kier molecular flexibility index (Phi) is 3.59. The molecule has 2 aromatic rings. The average Bonchev–Trinajstić information content (AvgIpc) is 2.37. The number of benzene rings is 1. The van der Waals surface area contributed by atoms with Gasteiger partial charge in [-0.05, 0) is 37.1 Å². The van der Waals surface area contributed by atoms with Crippen molar-refractivity contribution in [2.24, 2.45) is 5.84 Å². The maximum atomic E-state index is 8.90. The van der Waals surface area contributed by atoms with Crippen LogP contribution in [0.5, 0.6) is 0 Å². The molecule has 0 saturated heterocycles. The Morgan fingerprint density at radius 1 is 1.11 bits per heavy atom. The number of hydrazine groups is 1. The predicted molar refractivity (Wildman–Crippen MR) is 73.8 cm³/mol. The van der Waals surface area contributed by atoms with Crippen LogP contribution in [-0.4, -0.2) is 9.97 Å². The largest absolute Gasteiger partial charge is 0.340 e. The molecule has 0 atom stereocenters. The lowest BCUT2D eigenvalue weighted by molar-refractivity contribution is 1.10. The Balaban J connectivity index is 2.35. The lowest BCUT2D eigenvalue weighted by Gasteiger charge is -2.09. The molecule has 6 heteroatoms. The van der Waals surface area contributed by atoms with Crippen LogP contribution in [0.2, 0.25) is 0 Å². The number of nitrogens with zero attached hydrogens (tertiary/aromatic N) is 3. The van der Waals surface area contributed by atoms with E-state index < -0.39 is 0 Å². The molecule has 6 nitrogen and oxygen atoms in total. The summed E-state index contributed by atoms with van der Waals surface area (Å²) in [5.41, 5.74) is 5.78. The molecule has 96 valence electrons. The van der Waals surface area contributed by atoms with Gasteiger partial charge in [0.05, 0.1) is 0 Å². The monoisotopic (exact) mass is 254 g/mol. The van der Waals surface area contributed by atoms with Crippen LogP contribution in [0.3, 0.4) is 0 Å². The van der Waals surface area contributed by atoms with Gasteiger partial charge in [0.25, 0.3) is 0 Å². The van der Waals surface area contributed by atoms with E-state index in [4.69, 9.17) is 11.1 Å². The van der Waals surface area contributed by atoms with Gasteiger partial charge in [-0.25, -0.2) is 10.8 Å². The second-order valence-electron chi connectivity index (χ2n) is 4.22. The van der Waals surface area contributed by atoms with Crippen LogP contribution in [0.4, 0.5) is 17.5 Å². The summed E-state index contributed by atoms with van der Waals surface area (Å²) in [5, 5.41) is 12.0. The van der Waals surface area contributed by atoms with E-state index in [1.54, 1.807) is 6.07 Å². The molecular weight excluding hydrogens is 240 g/mol. The zero-order valence-corrected chi connectivity index (χ0v) is 10.7. The predicted octanol–water partition coefficient (Wildman–Crippen LogP) is 1.99. The third-order valence-corrected chi connectivity index (χ3v) is 2.46. The Morgan fingerprint density at radius 3 is 2.37 bits per heavy atom. The summed E-state index contributed by atoms with van der Waals surface area (Å²) in [7, 11) is 0. The minimum atomic E-state index is 0.200. The Labute approximate surface area is 111 Å². The highest BCUT2D eigenvalue weighted by molar-refractivity contribution is 5.60. The Hall–Kier alpha value is -2.65. The van der Waals surface area contributed by atoms with Crippen LogP contribution in [-0.2, 0) is 0 Å². The van der Waals surface area contributed by atoms with E-state index in [1.807, 2.05) is 32.0 Å². The van der Waals surface area contributed by atoms with Crippen LogP contribution in [0.25, 0.3) is 0 Å². The van der Waals surface area contributed by atoms with E-state index in [0.29, 0.717) is 5.82 Å². The normalized spacial score (nSPS) is 9.79. The van der Waals surface area contributed by atoms with E-state index in [9.17, 15) is 0 Å². The first-order chi connectivity index (χ1) is 9.10. The topological polar surface area (TPSA) is 99.7 Å².